The molecule has 0 aliphatic carbocycles. The molecule has 0 atom stereocenters. The molecule has 3 heteroatoms. The first kappa shape index (κ1) is 7.14. The van der Waals surface area contributed by atoms with Gasteiger partial charge in [0.15, 0.2) is 0 Å². The van der Waals surface area contributed by atoms with Crippen LogP contribution in [0.15, 0.2) is 0 Å². The van der Waals surface area contributed by atoms with E-state index < -0.39 is 0 Å². The minimum absolute atomic E-state index is 0.972. The molecule has 0 spiro atoms. The van der Waals surface area contributed by atoms with Gasteiger partial charge in [-0.1, -0.05) is 6.92 Å². The molecule has 0 unspecified atom stereocenters. The Bertz CT molecular complexity index is 28.9. The summed E-state index contributed by atoms with van der Waals surface area (Å²) >= 11 is 0. The molecule has 2 N–H and O–H groups in total. The molecule has 0 fully saturated rings. The Morgan fingerprint density at radius 3 is 2.57 bits per heavy atom. The van der Waals surface area contributed by atoms with Crippen molar-refractivity contribution in [2.24, 2.45) is 0 Å². The van der Waals surface area contributed by atoms with E-state index in [4.69, 9.17) is 0 Å². The normalized spacial score (nSPS) is 9.86. The first-order chi connectivity index (χ1) is 3.41. The molecule has 0 aliphatic heterocycles. The highest BCUT2D eigenvalue weighted by Crippen LogP contribution is 1.48. The lowest BCUT2D eigenvalue weighted by molar-refractivity contribution is 0.644. The van der Waals surface area contributed by atoms with E-state index in [1.54, 1.807) is 0 Å². The van der Waals surface area contributed by atoms with Crippen LogP contribution in [0.4, 0.5) is 0 Å². The van der Waals surface area contributed by atoms with Gasteiger partial charge in [0.2, 0.25) is 0 Å². The van der Waals surface area contributed by atoms with Crippen LogP contribution in [-0.2, 0) is 0 Å². The van der Waals surface area contributed by atoms with Gasteiger partial charge in [-0.25, -0.2) is 0 Å². The molecular weight excluding hydrogens is 104 g/mol. The second-order valence-corrected chi connectivity index (χ2v) is 2.09. The Balaban J connectivity index is 2.45. The maximum atomic E-state index is 3.20. The summed E-state index contributed by atoms with van der Waals surface area (Å²) in [6.07, 6.45) is 1.19. The zero-order valence-corrected chi connectivity index (χ0v) is 7.12. The number of hydrogen-bond donors (Lipinski definition) is 2. The second-order valence-electron chi connectivity index (χ2n) is 1.38. The Labute approximate surface area is 48.1 Å². The standard InChI is InChI=1S/C4H14N2Si/c1-2-5-3-6-4-7/h5-6H,2-4H2,1,7H3. The minimum Gasteiger partial charge on any atom is -0.308 e. The lowest BCUT2D eigenvalue weighted by Gasteiger charge is -1.98. The van der Waals surface area contributed by atoms with Crippen LogP contribution in [0.25, 0.3) is 0 Å². The van der Waals surface area contributed by atoms with Crippen molar-refractivity contribution in [2.45, 2.75) is 6.92 Å². The van der Waals surface area contributed by atoms with Gasteiger partial charge in [0.25, 0.3) is 0 Å². The van der Waals surface area contributed by atoms with Gasteiger partial charge in [-0.15, -0.1) is 0 Å². The average molecular weight is 118 g/mol. The molecule has 2 nitrogen and oxygen atoms in total. The summed E-state index contributed by atoms with van der Waals surface area (Å²) in [6, 6.07) is 0. The summed E-state index contributed by atoms with van der Waals surface area (Å²) in [5.41, 5.74) is 0. The summed E-state index contributed by atoms with van der Waals surface area (Å²) < 4.78 is 0. The molecule has 0 aliphatic rings. The highest BCUT2D eigenvalue weighted by atomic mass is 28.1. The zero-order valence-electron chi connectivity index (χ0n) is 5.12. The fraction of sp³-hybridized carbons (Fsp3) is 1.00. The van der Waals surface area contributed by atoms with Crippen LogP contribution in [0.3, 0.4) is 0 Å². The molecule has 0 amide bonds. The number of nitrogens with one attached hydrogen (secondary N) is 2. The van der Waals surface area contributed by atoms with E-state index in [1.165, 1.54) is 16.4 Å². The third-order valence-electron chi connectivity index (χ3n) is 0.750. The smallest absolute Gasteiger partial charge is 0.0451 e. The van der Waals surface area contributed by atoms with Gasteiger partial charge in [0.1, 0.15) is 0 Å². The van der Waals surface area contributed by atoms with E-state index >= 15 is 0 Å². The molecule has 0 rings (SSSR count). The minimum atomic E-state index is 0.972. The van der Waals surface area contributed by atoms with Gasteiger partial charge in [0.05, 0.1) is 0 Å². The van der Waals surface area contributed by atoms with Gasteiger partial charge >= 0.3 is 0 Å². The molecule has 0 bridgehead atoms. The zero-order chi connectivity index (χ0) is 5.54. The first-order valence-electron chi connectivity index (χ1n) is 2.83. The van der Waals surface area contributed by atoms with Gasteiger partial charge in [0, 0.05) is 16.9 Å². The van der Waals surface area contributed by atoms with E-state index in [1.807, 2.05) is 0 Å². The quantitative estimate of drug-likeness (QED) is 0.266. The number of hydrogen-bond acceptors (Lipinski definition) is 2. The molecule has 0 aromatic heterocycles. The predicted octanol–water partition coefficient (Wildman–Crippen LogP) is -1.53. The van der Waals surface area contributed by atoms with Crippen molar-refractivity contribution in [1.82, 2.24) is 10.6 Å². The van der Waals surface area contributed by atoms with Crippen LogP contribution in [0.2, 0.25) is 0 Å². The fourth-order valence-electron chi connectivity index (χ4n) is 0.338. The van der Waals surface area contributed by atoms with E-state index in [-0.39, 0.29) is 0 Å². The SMILES string of the molecule is CCNCNC[SiH3]. The summed E-state index contributed by atoms with van der Waals surface area (Å²) in [7, 11) is 1.25. The van der Waals surface area contributed by atoms with Crippen LogP contribution < -0.4 is 10.6 Å². The van der Waals surface area contributed by atoms with Gasteiger partial charge < -0.3 is 10.6 Å². The monoisotopic (exact) mass is 118 g/mol. The summed E-state index contributed by atoms with van der Waals surface area (Å²) in [4.78, 5) is 0. The Morgan fingerprint density at radius 1 is 1.43 bits per heavy atom. The van der Waals surface area contributed by atoms with Crippen molar-refractivity contribution in [3.63, 3.8) is 0 Å². The molecular formula is C4H14N2Si. The van der Waals surface area contributed by atoms with Gasteiger partial charge in [-0.3, -0.25) is 0 Å². The molecule has 0 heterocycles. The largest absolute Gasteiger partial charge is 0.308 e. The molecule has 0 aromatic rings. The van der Waals surface area contributed by atoms with Gasteiger partial charge in [-0.2, -0.15) is 0 Å². The van der Waals surface area contributed by atoms with Crippen molar-refractivity contribution < 1.29 is 0 Å². The van der Waals surface area contributed by atoms with Crippen molar-refractivity contribution in [3.8, 4) is 0 Å². The van der Waals surface area contributed by atoms with Crippen LogP contribution >= 0.6 is 0 Å². The van der Waals surface area contributed by atoms with E-state index in [0.29, 0.717) is 0 Å². The molecule has 0 radical (unpaired) electrons. The van der Waals surface area contributed by atoms with Crippen molar-refractivity contribution in [2.75, 3.05) is 19.4 Å². The van der Waals surface area contributed by atoms with Crippen LogP contribution in [0.1, 0.15) is 6.92 Å². The number of rotatable bonds is 4. The van der Waals surface area contributed by atoms with E-state index in [0.717, 1.165) is 13.2 Å². The third kappa shape index (κ3) is 6.14. The maximum Gasteiger partial charge on any atom is 0.0451 e. The van der Waals surface area contributed by atoms with Crippen LogP contribution in [0, 0.1) is 0 Å². The lowest BCUT2D eigenvalue weighted by Crippen LogP contribution is -2.29. The van der Waals surface area contributed by atoms with Crippen LogP contribution in [0.5, 0.6) is 0 Å². The van der Waals surface area contributed by atoms with E-state index in [2.05, 4.69) is 17.6 Å². The predicted molar refractivity (Wildman–Crippen MR) is 36.5 cm³/mol. The molecule has 0 aromatic carbocycles. The average Bonchev–Trinajstić information content (AvgIpc) is 1.69. The Morgan fingerprint density at radius 2 is 2.14 bits per heavy atom. The first-order valence-corrected chi connectivity index (χ1v) is 4.24. The van der Waals surface area contributed by atoms with Crippen molar-refractivity contribution >= 4 is 10.2 Å². The van der Waals surface area contributed by atoms with Crippen molar-refractivity contribution in [1.29, 1.82) is 0 Å². The van der Waals surface area contributed by atoms with E-state index in [9.17, 15) is 0 Å². The van der Waals surface area contributed by atoms with Gasteiger partial charge in [-0.05, 0) is 12.7 Å². The second kappa shape index (κ2) is 6.14. The van der Waals surface area contributed by atoms with Crippen LogP contribution in [-0.4, -0.2) is 29.6 Å². The molecule has 44 valence electrons. The summed E-state index contributed by atoms with van der Waals surface area (Å²) in [5.74, 6) is 0. The summed E-state index contributed by atoms with van der Waals surface area (Å²) in [6.45, 7) is 4.14. The summed E-state index contributed by atoms with van der Waals surface area (Å²) in [5, 5.41) is 6.36. The Hall–Kier alpha value is 0.137. The maximum absolute atomic E-state index is 3.20. The molecule has 0 saturated carbocycles. The molecule has 0 saturated heterocycles. The third-order valence-corrected chi connectivity index (χ3v) is 1.25. The topological polar surface area (TPSA) is 24.1 Å². The highest BCUT2D eigenvalue weighted by molar-refractivity contribution is 6.08. The Kier molecular flexibility index (Phi) is 6.26. The highest BCUT2D eigenvalue weighted by Gasteiger charge is 1.74. The fourth-order valence-corrected chi connectivity index (χ4v) is 0.588. The molecule has 7 heavy (non-hydrogen) atoms. The van der Waals surface area contributed by atoms with Crippen molar-refractivity contribution in [3.05, 3.63) is 0 Å². The lowest BCUT2D eigenvalue weighted by atomic mass is 10.7.